The fraction of sp³-hybridized carbons (Fsp3) is 0.600. The summed E-state index contributed by atoms with van der Waals surface area (Å²) in [7, 11) is 0. The molecular weight excluding hydrogens is 253 g/mol. The molecule has 108 valence electrons. The average molecular weight is 274 g/mol. The third-order valence-electron chi connectivity index (χ3n) is 3.52. The number of benzene rings is 1. The molecule has 0 aliphatic heterocycles. The molecule has 1 nitrogen and oxygen atoms in total. The Morgan fingerprint density at radius 2 is 1.79 bits per heavy atom. The number of rotatable bonds is 7. The number of aliphatic hydroxyl groups excluding tert-OH is 1. The molecular formula is C15H21F3O. The maximum absolute atomic E-state index is 13.5. The third-order valence-corrected chi connectivity index (χ3v) is 3.52. The van der Waals surface area contributed by atoms with Crippen LogP contribution in [0.2, 0.25) is 0 Å². The molecule has 0 aromatic heterocycles. The van der Waals surface area contributed by atoms with Crippen LogP contribution in [0.1, 0.15) is 57.6 Å². The minimum atomic E-state index is -1.52. The van der Waals surface area contributed by atoms with E-state index in [1.54, 1.807) is 0 Å². The number of unbranched alkanes of at least 4 members (excludes halogenated alkanes) is 1. The van der Waals surface area contributed by atoms with Crippen molar-refractivity contribution in [1.82, 2.24) is 0 Å². The first kappa shape index (κ1) is 16.0. The first-order chi connectivity index (χ1) is 9.01. The summed E-state index contributed by atoms with van der Waals surface area (Å²) in [6.07, 6.45) is 3.23. The van der Waals surface area contributed by atoms with E-state index in [9.17, 15) is 18.3 Å². The van der Waals surface area contributed by atoms with Gasteiger partial charge in [-0.1, -0.05) is 45.6 Å². The number of hydrogen-bond acceptors (Lipinski definition) is 1. The highest BCUT2D eigenvalue weighted by Crippen LogP contribution is 2.29. The Balaban J connectivity index is 2.77. The van der Waals surface area contributed by atoms with Crippen LogP contribution in [0.5, 0.6) is 0 Å². The first-order valence-corrected chi connectivity index (χ1v) is 6.82. The van der Waals surface area contributed by atoms with Crippen molar-refractivity contribution in [2.45, 2.75) is 52.1 Å². The first-order valence-electron chi connectivity index (χ1n) is 6.82. The molecule has 0 amide bonds. The lowest BCUT2D eigenvalue weighted by atomic mass is 9.90. The molecule has 0 saturated carbocycles. The fourth-order valence-electron chi connectivity index (χ4n) is 2.22. The van der Waals surface area contributed by atoms with Gasteiger partial charge in [-0.2, -0.15) is 0 Å². The molecule has 4 heteroatoms. The van der Waals surface area contributed by atoms with E-state index in [0.717, 1.165) is 37.8 Å². The van der Waals surface area contributed by atoms with Crippen LogP contribution in [0.4, 0.5) is 13.2 Å². The highest BCUT2D eigenvalue weighted by molar-refractivity contribution is 5.22. The highest BCUT2D eigenvalue weighted by Gasteiger charge is 2.21. The van der Waals surface area contributed by atoms with Crippen LogP contribution in [0.3, 0.4) is 0 Å². The molecule has 1 aromatic rings. The second-order valence-electron chi connectivity index (χ2n) is 4.93. The zero-order valence-corrected chi connectivity index (χ0v) is 11.4. The van der Waals surface area contributed by atoms with Crippen molar-refractivity contribution in [3.63, 3.8) is 0 Å². The van der Waals surface area contributed by atoms with E-state index in [2.05, 4.69) is 6.92 Å². The van der Waals surface area contributed by atoms with Gasteiger partial charge >= 0.3 is 0 Å². The summed E-state index contributed by atoms with van der Waals surface area (Å²) >= 11 is 0. The molecule has 1 aromatic carbocycles. The summed E-state index contributed by atoms with van der Waals surface area (Å²) in [6, 6.07) is 1.97. The summed E-state index contributed by atoms with van der Waals surface area (Å²) in [6.45, 7) is 4.09. The van der Waals surface area contributed by atoms with Gasteiger partial charge in [-0.25, -0.2) is 13.2 Å². The Labute approximate surface area is 112 Å². The molecule has 0 aliphatic carbocycles. The molecule has 0 aliphatic rings. The molecule has 0 bridgehead atoms. The fourth-order valence-corrected chi connectivity index (χ4v) is 2.22. The summed E-state index contributed by atoms with van der Waals surface area (Å²) in [5.74, 6) is -3.76. The van der Waals surface area contributed by atoms with E-state index < -0.39 is 23.6 Å². The van der Waals surface area contributed by atoms with Crippen LogP contribution in [0.15, 0.2) is 12.1 Å². The molecule has 0 radical (unpaired) electrons. The zero-order chi connectivity index (χ0) is 14.4. The van der Waals surface area contributed by atoms with E-state index in [-0.39, 0.29) is 11.5 Å². The Morgan fingerprint density at radius 3 is 2.37 bits per heavy atom. The molecule has 19 heavy (non-hydrogen) atoms. The van der Waals surface area contributed by atoms with Crippen LogP contribution in [0.25, 0.3) is 0 Å². The smallest absolute Gasteiger partial charge is 0.194 e. The Hall–Kier alpha value is -1.03. The Bertz CT molecular complexity index is 407. The number of aliphatic hydroxyl groups is 1. The maximum Gasteiger partial charge on any atom is 0.194 e. The maximum atomic E-state index is 13.5. The summed E-state index contributed by atoms with van der Waals surface area (Å²) in [4.78, 5) is 0. The van der Waals surface area contributed by atoms with Crippen molar-refractivity contribution in [2.24, 2.45) is 5.92 Å². The van der Waals surface area contributed by atoms with E-state index in [4.69, 9.17) is 0 Å². The molecule has 0 fully saturated rings. The lowest BCUT2D eigenvalue weighted by Crippen LogP contribution is -2.10. The molecule has 2 unspecified atom stereocenters. The molecule has 1 N–H and O–H groups in total. The van der Waals surface area contributed by atoms with Crippen LogP contribution >= 0.6 is 0 Å². The van der Waals surface area contributed by atoms with E-state index in [1.807, 2.05) is 6.92 Å². The molecule has 1 rings (SSSR count). The van der Waals surface area contributed by atoms with Crippen LogP contribution < -0.4 is 0 Å². The van der Waals surface area contributed by atoms with Gasteiger partial charge in [-0.05, 0) is 18.4 Å². The number of halogens is 3. The van der Waals surface area contributed by atoms with Crippen LogP contribution in [-0.4, -0.2) is 5.11 Å². The monoisotopic (exact) mass is 274 g/mol. The van der Waals surface area contributed by atoms with Crippen molar-refractivity contribution >= 4 is 0 Å². The van der Waals surface area contributed by atoms with Gasteiger partial charge in [0.2, 0.25) is 0 Å². The van der Waals surface area contributed by atoms with Gasteiger partial charge in [0.1, 0.15) is 0 Å². The largest absolute Gasteiger partial charge is 0.388 e. The van der Waals surface area contributed by atoms with E-state index in [1.165, 1.54) is 0 Å². The normalized spacial score (nSPS) is 14.4. The van der Waals surface area contributed by atoms with Gasteiger partial charge in [0.05, 0.1) is 6.10 Å². The minimum Gasteiger partial charge on any atom is -0.388 e. The summed E-state index contributed by atoms with van der Waals surface area (Å²) in [5.41, 5.74) is -0.158. The average Bonchev–Trinajstić information content (AvgIpc) is 2.40. The molecule has 0 heterocycles. The lowest BCUT2D eigenvalue weighted by molar-refractivity contribution is 0.134. The highest BCUT2D eigenvalue weighted by atomic mass is 19.2. The summed E-state index contributed by atoms with van der Waals surface area (Å²) < 4.78 is 39.5. The summed E-state index contributed by atoms with van der Waals surface area (Å²) in [5, 5.41) is 9.99. The number of hydrogen-bond donors (Lipinski definition) is 1. The van der Waals surface area contributed by atoms with Crippen molar-refractivity contribution in [3.8, 4) is 0 Å². The van der Waals surface area contributed by atoms with Gasteiger partial charge in [0, 0.05) is 5.56 Å². The third kappa shape index (κ3) is 4.23. The minimum absolute atomic E-state index is 0.158. The standard InChI is InChI=1S/C15H21F3O/c1-3-5-6-10(4-2)9-13(19)11-7-8-12(16)15(18)14(11)17/h7-8,10,13,19H,3-6,9H2,1-2H3. The van der Waals surface area contributed by atoms with Crippen molar-refractivity contribution in [1.29, 1.82) is 0 Å². The van der Waals surface area contributed by atoms with E-state index >= 15 is 0 Å². The lowest BCUT2D eigenvalue weighted by Gasteiger charge is -2.19. The quantitative estimate of drug-likeness (QED) is 0.712. The van der Waals surface area contributed by atoms with Crippen LogP contribution in [0, 0.1) is 23.4 Å². The van der Waals surface area contributed by atoms with Gasteiger partial charge in [-0.15, -0.1) is 0 Å². The Morgan fingerprint density at radius 1 is 1.11 bits per heavy atom. The van der Waals surface area contributed by atoms with Gasteiger partial charge < -0.3 is 5.11 Å². The zero-order valence-electron chi connectivity index (χ0n) is 11.4. The molecule has 0 spiro atoms. The SMILES string of the molecule is CCCCC(CC)CC(O)c1ccc(F)c(F)c1F. The topological polar surface area (TPSA) is 20.2 Å². The molecule has 0 saturated heterocycles. The second kappa shape index (κ2) is 7.53. The van der Waals surface area contributed by atoms with Gasteiger partial charge in [-0.3, -0.25) is 0 Å². The predicted octanol–water partition coefficient (Wildman–Crippen LogP) is 4.74. The predicted molar refractivity (Wildman–Crippen MR) is 69.2 cm³/mol. The molecule has 2 atom stereocenters. The Kier molecular flexibility index (Phi) is 6.35. The van der Waals surface area contributed by atoms with Gasteiger partial charge in [0.15, 0.2) is 17.5 Å². The van der Waals surface area contributed by atoms with E-state index in [0.29, 0.717) is 6.42 Å². The second-order valence-corrected chi connectivity index (χ2v) is 4.93. The van der Waals surface area contributed by atoms with Crippen molar-refractivity contribution in [3.05, 3.63) is 35.1 Å². The van der Waals surface area contributed by atoms with Crippen molar-refractivity contribution < 1.29 is 18.3 Å². The van der Waals surface area contributed by atoms with Gasteiger partial charge in [0.25, 0.3) is 0 Å². The van der Waals surface area contributed by atoms with Crippen molar-refractivity contribution in [2.75, 3.05) is 0 Å². The van der Waals surface area contributed by atoms with Crippen LogP contribution in [-0.2, 0) is 0 Å².